The predicted octanol–water partition coefficient (Wildman–Crippen LogP) is 3.90. The molecule has 2 N–H and O–H groups in total. The molecule has 7 nitrogen and oxygen atoms in total. The summed E-state index contributed by atoms with van der Waals surface area (Å²) in [5.74, 6) is 1.01. The van der Waals surface area contributed by atoms with Gasteiger partial charge in [-0.25, -0.2) is 4.79 Å². The third kappa shape index (κ3) is 7.55. The van der Waals surface area contributed by atoms with Crippen LogP contribution in [0.25, 0.3) is 0 Å². The number of methoxy groups -OCH3 is 2. The Balaban J connectivity index is 1.58. The standard InChI is InChI=1S/C27H30N2O5/c1-32-24-14-13-21(18-25(24)33-2)15-16-28-26(30)23(17-20-9-5-3-6-10-20)29-27(31)34-19-22-11-7-4-8-12-22/h3-14,18,23H,15-17,19H2,1-2H3,(H,28,30)(H,29,31)/t23-/m0/s1. The normalized spacial score (nSPS) is 11.2. The van der Waals surface area contributed by atoms with E-state index in [9.17, 15) is 9.59 Å². The van der Waals surface area contributed by atoms with Crippen molar-refractivity contribution < 1.29 is 23.8 Å². The summed E-state index contributed by atoms with van der Waals surface area (Å²) in [6.45, 7) is 0.534. The van der Waals surface area contributed by atoms with Gasteiger partial charge in [0.2, 0.25) is 5.91 Å². The van der Waals surface area contributed by atoms with E-state index < -0.39 is 12.1 Å². The maximum absolute atomic E-state index is 12.9. The summed E-state index contributed by atoms with van der Waals surface area (Å²) in [5.41, 5.74) is 2.80. The van der Waals surface area contributed by atoms with Crippen molar-refractivity contribution in [2.75, 3.05) is 20.8 Å². The lowest BCUT2D eigenvalue weighted by molar-refractivity contribution is -0.123. The van der Waals surface area contributed by atoms with Gasteiger partial charge in [0.05, 0.1) is 14.2 Å². The summed E-state index contributed by atoms with van der Waals surface area (Å²) in [6.07, 6.45) is 0.311. The maximum atomic E-state index is 12.9. The molecule has 0 unspecified atom stereocenters. The van der Waals surface area contributed by atoms with Gasteiger partial charge in [-0.3, -0.25) is 4.79 Å². The van der Waals surface area contributed by atoms with E-state index in [2.05, 4.69) is 10.6 Å². The van der Waals surface area contributed by atoms with Gasteiger partial charge in [0, 0.05) is 13.0 Å². The zero-order valence-corrected chi connectivity index (χ0v) is 19.5. The molecule has 1 atom stereocenters. The molecule has 7 heteroatoms. The third-order valence-corrected chi connectivity index (χ3v) is 5.26. The third-order valence-electron chi connectivity index (χ3n) is 5.26. The van der Waals surface area contributed by atoms with Crippen LogP contribution in [0.5, 0.6) is 11.5 Å². The van der Waals surface area contributed by atoms with Gasteiger partial charge in [-0.1, -0.05) is 66.7 Å². The van der Waals surface area contributed by atoms with E-state index in [1.807, 2.05) is 78.9 Å². The molecule has 0 spiro atoms. The second kappa shape index (κ2) is 12.9. The molecule has 0 aromatic heterocycles. The molecule has 0 aliphatic heterocycles. The summed E-state index contributed by atoms with van der Waals surface area (Å²) < 4.78 is 15.9. The fraction of sp³-hybridized carbons (Fsp3) is 0.259. The number of rotatable bonds is 11. The zero-order chi connectivity index (χ0) is 24.2. The van der Waals surface area contributed by atoms with Gasteiger partial charge in [0.25, 0.3) is 0 Å². The fourth-order valence-corrected chi connectivity index (χ4v) is 3.46. The van der Waals surface area contributed by atoms with Crippen molar-refractivity contribution in [3.05, 3.63) is 95.6 Å². The average Bonchev–Trinajstić information content (AvgIpc) is 2.88. The average molecular weight is 463 g/mol. The van der Waals surface area contributed by atoms with Crippen molar-refractivity contribution in [2.24, 2.45) is 0 Å². The highest BCUT2D eigenvalue weighted by Gasteiger charge is 2.22. The number of hydrogen-bond acceptors (Lipinski definition) is 5. The molecule has 0 fully saturated rings. The van der Waals surface area contributed by atoms with Crippen molar-refractivity contribution in [1.29, 1.82) is 0 Å². The second-order valence-corrected chi connectivity index (χ2v) is 7.68. The Morgan fingerprint density at radius 1 is 0.794 bits per heavy atom. The van der Waals surface area contributed by atoms with Gasteiger partial charge in [-0.2, -0.15) is 0 Å². The van der Waals surface area contributed by atoms with E-state index in [0.717, 1.165) is 16.7 Å². The van der Waals surface area contributed by atoms with E-state index in [4.69, 9.17) is 14.2 Å². The lowest BCUT2D eigenvalue weighted by Crippen LogP contribution is -2.48. The van der Waals surface area contributed by atoms with Crippen LogP contribution in [0.1, 0.15) is 16.7 Å². The number of hydrogen-bond donors (Lipinski definition) is 2. The van der Waals surface area contributed by atoms with Crippen LogP contribution in [0.3, 0.4) is 0 Å². The smallest absolute Gasteiger partial charge is 0.408 e. The van der Waals surface area contributed by atoms with Crippen molar-refractivity contribution in [1.82, 2.24) is 10.6 Å². The maximum Gasteiger partial charge on any atom is 0.408 e. The lowest BCUT2D eigenvalue weighted by atomic mass is 10.1. The van der Waals surface area contributed by atoms with E-state index in [1.165, 1.54) is 0 Å². The van der Waals surface area contributed by atoms with Crippen molar-refractivity contribution in [2.45, 2.75) is 25.5 Å². The largest absolute Gasteiger partial charge is 0.493 e. The van der Waals surface area contributed by atoms with E-state index >= 15 is 0 Å². The van der Waals surface area contributed by atoms with E-state index in [-0.39, 0.29) is 12.5 Å². The van der Waals surface area contributed by atoms with Gasteiger partial charge in [0.15, 0.2) is 11.5 Å². The summed E-state index contributed by atoms with van der Waals surface area (Å²) in [5, 5.41) is 5.62. The van der Waals surface area contributed by atoms with Crippen LogP contribution in [0.4, 0.5) is 4.79 Å². The molecule has 0 saturated carbocycles. The Morgan fingerprint density at radius 2 is 1.44 bits per heavy atom. The first-order valence-corrected chi connectivity index (χ1v) is 11.1. The van der Waals surface area contributed by atoms with Gasteiger partial charge in [0.1, 0.15) is 12.6 Å². The van der Waals surface area contributed by atoms with Crippen LogP contribution < -0.4 is 20.1 Å². The predicted molar refractivity (Wildman–Crippen MR) is 130 cm³/mol. The van der Waals surface area contributed by atoms with Gasteiger partial charge >= 0.3 is 6.09 Å². The second-order valence-electron chi connectivity index (χ2n) is 7.68. The Labute approximate surface area is 200 Å². The number of amides is 2. The Hall–Kier alpha value is -4.00. The zero-order valence-electron chi connectivity index (χ0n) is 19.5. The minimum absolute atomic E-state index is 0.131. The monoisotopic (exact) mass is 462 g/mol. The molecule has 178 valence electrons. The topological polar surface area (TPSA) is 85.9 Å². The van der Waals surface area contributed by atoms with Gasteiger partial charge in [-0.05, 0) is 35.2 Å². The molecule has 0 radical (unpaired) electrons. The van der Waals surface area contributed by atoms with Crippen molar-refractivity contribution >= 4 is 12.0 Å². The number of nitrogens with one attached hydrogen (secondary N) is 2. The highest BCUT2D eigenvalue weighted by atomic mass is 16.5. The number of ether oxygens (including phenoxy) is 3. The van der Waals surface area contributed by atoms with Crippen LogP contribution in [0.15, 0.2) is 78.9 Å². The quantitative estimate of drug-likeness (QED) is 0.451. The molecular formula is C27H30N2O5. The molecule has 0 aliphatic rings. The Kier molecular flexibility index (Phi) is 9.34. The number of alkyl carbamates (subject to hydrolysis) is 1. The van der Waals surface area contributed by atoms with Crippen molar-refractivity contribution in [3.63, 3.8) is 0 Å². The van der Waals surface area contributed by atoms with E-state index in [1.54, 1.807) is 14.2 Å². The minimum Gasteiger partial charge on any atom is -0.493 e. The van der Waals surface area contributed by atoms with Crippen LogP contribution in [-0.4, -0.2) is 38.8 Å². The summed E-state index contributed by atoms with van der Waals surface area (Å²) in [4.78, 5) is 25.4. The molecule has 0 heterocycles. The molecule has 3 rings (SSSR count). The number of carbonyl (C=O) groups excluding carboxylic acids is 2. The van der Waals surface area contributed by atoms with Gasteiger partial charge in [-0.15, -0.1) is 0 Å². The van der Waals surface area contributed by atoms with Crippen molar-refractivity contribution in [3.8, 4) is 11.5 Å². The fourth-order valence-electron chi connectivity index (χ4n) is 3.46. The molecule has 0 saturated heterocycles. The molecule has 2 amide bonds. The molecule has 0 aliphatic carbocycles. The van der Waals surface area contributed by atoms with Crippen LogP contribution in [0.2, 0.25) is 0 Å². The summed E-state index contributed by atoms with van der Waals surface area (Å²) >= 11 is 0. The minimum atomic E-state index is -0.768. The number of benzene rings is 3. The molecule has 3 aromatic rings. The SMILES string of the molecule is COc1ccc(CCNC(=O)[C@H](Cc2ccccc2)NC(=O)OCc2ccccc2)cc1OC. The molecular weight excluding hydrogens is 432 g/mol. The first kappa shape index (κ1) is 24.6. The van der Waals surface area contributed by atoms with Gasteiger partial charge < -0.3 is 24.8 Å². The Morgan fingerprint density at radius 3 is 2.09 bits per heavy atom. The van der Waals surface area contributed by atoms with Crippen LogP contribution in [0, 0.1) is 0 Å². The first-order chi connectivity index (χ1) is 16.6. The molecule has 0 bridgehead atoms. The molecule has 3 aromatic carbocycles. The highest BCUT2D eigenvalue weighted by molar-refractivity contribution is 5.85. The van der Waals surface area contributed by atoms with E-state index in [0.29, 0.717) is 30.9 Å². The summed E-state index contributed by atoms with van der Waals surface area (Å²) in [7, 11) is 3.17. The first-order valence-electron chi connectivity index (χ1n) is 11.1. The van der Waals surface area contributed by atoms with Crippen LogP contribution in [-0.2, 0) is 29.0 Å². The lowest BCUT2D eigenvalue weighted by Gasteiger charge is -2.19. The summed E-state index contributed by atoms with van der Waals surface area (Å²) in [6, 6.07) is 23.8. The number of carbonyl (C=O) groups is 2. The van der Waals surface area contributed by atoms with Crippen LogP contribution >= 0.6 is 0 Å². The molecule has 34 heavy (non-hydrogen) atoms. The Bertz CT molecular complexity index is 1060. The highest BCUT2D eigenvalue weighted by Crippen LogP contribution is 2.27.